The van der Waals surface area contributed by atoms with Crippen LogP contribution in [0.3, 0.4) is 0 Å². The van der Waals surface area contributed by atoms with Gasteiger partial charge in [0.15, 0.2) is 9.84 Å². The monoisotopic (exact) mass is 336 g/mol. The van der Waals surface area contributed by atoms with Crippen molar-refractivity contribution in [2.45, 2.75) is 30.7 Å². The summed E-state index contributed by atoms with van der Waals surface area (Å²) in [6.07, 6.45) is 2.12. The Bertz CT molecular complexity index is 550. The van der Waals surface area contributed by atoms with Crippen LogP contribution in [-0.4, -0.2) is 77.1 Å². The zero-order valence-corrected chi connectivity index (χ0v) is 13.7. The molecule has 2 amide bonds. The van der Waals surface area contributed by atoms with Gasteiger partial charge in [0.2, 0.25) is 0 Å². The fraction of sp³-hybridized carbons (Fsp3) is 0.833. The van der Waals surface area contributed by atoms with Crippen molar-refractivity contribution in [1.29, 1.82) is 0 Å². The van der Waals surface area contributed by atoms with E-state index in [1.807, 2.05) is 0 Å². The van der Waals surface area contributed by atoms with E-state index in [2.05, 4.69) is 0 Å². The molecule has 0 bridgehead atoms. The summed E-state index contributed by atoms with van der Waals surface area (Å²) in [6, 6.07) is -0.479. The second-order valence-corrected chi connectivity index (χ2v) is 9.02. The molecule has 2 rings (SSSR count). The SMILES string of the molecule is CC1(C(=O)O)CCCN1C(=O)N1CCSCC1S(C)(=O)=O. The van der Waals surface area contributed by atoms with Gasteiger partial charge in [-0.15, -0.1) is 0 Å². The molecule has 0 aromatic carbocycles. The summed E-state index contributed by atoms with van der Waals surface area (Å²) in [5.74, 6) is -0.0481. The van der Waals surface area contributed by atoms with Crippen LogP contribution in [0.1, 0.15) is 19.8 Å². The average Bonchev–Trinajstić information content (AvgIpc) is 2.80. The Kier molecular flexibility index (Phi) is 4.44. The molecule has 120 valence electrons. The first-order valence-corrected chi connectivity index (χ1v) is 9.87. The molecule has 2 aliphatic heterocycles. The topological polar surface area (TPSA) is 95.0 Å². The molecular weight excluding hydrogens is 316 g/mol. The average molecular weight is 336 g/mol. The van der Waals surface area contributed by atoms with Crippen molar-refractivity contribution in [3.05, 3.63) is 0 Å². The van der Waals surface area contributed by atoms with Gasteiger partial charge in [-0.1, -0.05) is 0 Å². The minimum Gasteiger partial charge on any atom is -0.480 e. The molecule has 21 heavy (non-hydrogen) atoms. The molecule has 9 heteroatoms. The molecule has 2 atom stereocenters. The number of carbonyl (C=O) groups excluding carboxylic acids is 1. The Morgan fingerprint density at radius 3 is 2.57 bits per heavy atom. The van der Waals surface area contributed by atoms with E-state index in [0.29, 0.717) is 37.4 Å². The van der Waals surface area contributed by atoms with Crippen LogP contribution in [-0.2, 0) is 14.6 Å². The van der Waals surface area contributed by atoms with Crippen molar-refractivity contribution in [2.75, 3.05) is 30.9 Å². The van der Waals surface area contributed by atoms with Crippen LogP contribution in [0, 0.1) is 0 Å². The number of carboxylic acids is 1. The summed E-state index contributed by atoms with van der Waals surface area (Å²) in [7, 11) is -3.40. The number of rotatable bonds is 2. The molecule has 0 spiro atoms. The lowest BCUT2D eigenvalue weighted by molar-refractivity contribution is -0.147. The zero-order chi connectivity index (χ0) is 15.8. The fourth-order valence-electron chi connectivity index (χ4n) is 2.80. The maximum atomic E-state index is 12.7. The van der Waals surface area contributed by atoms with Crippen LogP contribution in [0.25, 0.3) is 0 Å². The van der Waals surface area contributed by atoms with Crippen molar-refractivity contribution in [2.24, 2.45) is 0 Å². The lowest BCUT2D eigenvalue weighted by Gasteiger charge is -2.40. The highest BCUT2D eigenvalue weighted by Gasteiger charge is 2.49. The third kappa shape index (κ3) is 2.98. The van der Waals surface area contributed by atoms with Crippen molar-refractivity contribution >= 4 is 33.6 Å². The first kappa shape index (κ1) is 16.4. The van der Waals surface area contributed by atoms with Gasteiger partial charge in [0.1, 0.15) is 10.9 Å². The van der Waals surface area contributed by atoms with Gasteiger partial charge >= 0.3 is 12.0 Å². The number of aliphatic carboxylic acids is 1. The van der Waals surface area contributed by atoms with E-state index in [9.17, 15) is 23.1 Å². The van der Waals surface area contributed by atoms with Gasteiger partial charge in [-0.05, 0) is 19.8 Å². The third-order valence-electron chi connectivity index (χ3n) is 4.16. The third-order valence-corrected chi connectivity index (χ3v) is 6.80. The Balaban J connectivity index is 2.27. The minimum absolute atomic E-state index is 0.327. The quantitative estimate of drug-likeness (QED) is 0.787. The van der Waals surface area contributed by atoms with Crippen LogP contribution in [0.4, 0.5) is 4.79 Å². The zero-order valence-electron chi connectivity index (χ0n) is 12.1. The van der Waals surface area contributed by atoms with Crippen LogP contribution in [0.15, 0.2) is 0 Å². The maximum absolute atomic E-state index is 12.7. The molecule has 2 aliphatic rings. The molecule has 0 saturated carbocycles. The van der Waals surface area contributed by atoms with Crippen LogP contribution in [0.5, 0.6) is 0 Å². The van der Waals surface area contributed by atoms with Gasteiger partial charge < -0.3 is 14.9 Å². The molecule has 0 aromatic rings. The highest BCUT2D eigenvalue weighted by molar-refractivity contribution is 8.00. The van der Waals surface area contributed by atoms with E-state index >= 15 is 0 Å². The molecular formula is C12H20N2O5S2. The van der Waals surface area contributed by atoms with E-state index in [4.69, 9.17) is 0 Å². The number of hydrogen-bond donors (Lipinski definition) is 1. The van der Waals surface area contributed by atoms with Crippen molar-refractivity contribution < 1.29 is 23.1 Å². The second kappa shape index (κ2) is 5.68. The summed E-state index contributed by atoms with van der Waals surface area (Å²) in [5.41, 5.74) is -1.25. The fourth-order valence-corrected chi connectivity index (χ4v) is 5.61. The van der Waals surface area contributed by atoms with E-state index < -0.39 is 32.8 Å². The van der Waals surface area contributed by atoms with Crippen LogP contribution >= 0.6 is 11.8 Å². The first-order valence-electron chi connectivity index (χ1n) is 6.76. The Labute approximate surface area is 128 Å². The summed E-state index contributed by atoms with van der Waals surface area (Å²) in [4.78, 5) is 26.8. The lowest BCUT2D eigenvalue weighted by Crippen LogP contribution is -2.60. The molecule has 0 aromatic heterocycles. The molecule has 2 unspecified atom stereocenters. The van der Waals surface area contributed by atoms with Gasteiger partial charge in [-0.3, -0.25) is 0 Å². The molecule has 2 fully saturated rings. The highest BCUT2D eigenvalue weighted by atomic mass is 32.2. The smallest absolute Gasteiger partial charge is 0.329 e. The van der Waals surface area contributed by atoms with E-state index in [1.54, 1.807) is 0 Å². The van der Waals surface area contributed by atoms with Gasteiger partial charge in [0, 0.05) is 30.9 Å². The Morgan fingerprint density at radius 2 is 2.00 bits per heavy atom. The lowest BCUT2D eigenvalue weighted by atomic mass is 10.00. The number of nitrogens with zero attached hydrogens (tertiary/aromatic N) is 2. The Hall–Kier alpha value is -0.960. The van der Waals surface area contributed by atoms with E-state index in [1.165, 1.54) is 28.5 Å². The number of carboxylic acid groups (broad SMARTS) is 1. The molecule has 1 N–H and O–H groups in total. The number of urea groups is 1. The van der Waals surface area contributed by atoms with E-state index in [0.717, 1.165) is 6.26 Å². The maximum Gasteiger partial charge on any atom is 0.329 e. The predicted octanol–water partition coefficient (Wildman–Crippen LogP) is 0.465. The molecule has 2 heterocycles. The van der Waals surface area contributed by atoms with Crippen molar-refractivity contribution in [1.82, 2.24) is 9.80 Å². The summed E-state index contributed by atoms with van der Waals surface area (Å²) in [5, 5.41) is 8.51. The minimum atomic E-state index is -3.40. The number of hydrogen-bond acceptors (Lipinski definition) is 5. The summed E-state index contributed by atoms with van der Waals surface area (Å²) >= 11 is 1.49. The Morgan fingerprint density at radius 1 is 1.33 bits per heavy atom. The predicted molar refractivity (Wildman–Crippen MR) is 80.0 cm³/mol. The largest absolute Gasteiger partial charge is 0.480 e. The molecule has 7 nitrogen and oxygen atoms in total. The standard InChI is InChI=1S/C12H20N2O5S2/c1-12(10(15)16)4-3-5-14(12)11(17)13-6-7-20-8-9(13)21(2,18)19/h9H,3-8H2,1-2H3,(H,15,16). The van der Waals surface area contributed by atoms with Crippen LogP contribution in [0.2, 0.25) is 0 Å². The molecule has 0 aliphatic carbocycles. The van der Waals surface area contributed by atoms with Gasteiger partial charge in [0.25, 0.3) is 0 Å². The van der Waals surface area contributed by atoms with Gasteiger partial charge in [0.05, 0.1) is 0 Å². The number of thioether (sulfide) groups is 1. The van der Waals surface area contributed by atoms with Crippen LogP contribution < -0.4 is 0 Å². The summed E-state index contributed by atoms with van der Waals surface area (Å²) < 4.78 is 23.7. The number of sulfone groups is 1. The molecule has 0 radical (unpaired) electrons. The van der Waals surface area contributed by atoms with Crippen molar-refractivity contribution in [3.63, 3.8) is 0 Å². The number of likely N-dealkylation sites (tertiary alicyclic amines) is 1. The second-order valence-electron chi connectivity index (χ2n) is 5.67. The number of carbonyl (C=O) groups is 2. The van der Waals surface area contributed by atoms with E-state index in [-0.39, 0.29) is 0 Å². The highest BCUT2D eigenvalue weighted by Crippen LogP contribution is 2.32. The van der Waals surface area contributed by atoms with Crippen molar-refractivity contribution in [3.8, 4) is 0 Å². The molecule has 2 saturated heterocycles. The summed E-state index contributed by atoms with van der Waals surface area (Å²) in [6.45, 7) is 2.20. The van der Waals surface area contributed by atoms with Gasteiger partial charge in [-0.2, -0.15) is 11.8 Å². The normalized spacial score (nSPS) is 30.5. The van der Waals surface area contributed by atoms with Gasteiger partial charge in [-0.25, -0.2) is 18.0 Å². The first-order chi connectivity index (χ1) is 9.68. The number of amides is 2.